The third-order valence-corrected chi connectivity index (χ3v) is 2.38. The van der Waals surface area contributed by atoms with Gasteiger partial charge in [-0.25, -0.2) is 4.98 Å². The van der Waals surface area contributed by atoms with Gasteiger partial charge in [-0.05, 0) is 19.8 Å². The van der Waals surface area contributed by atoms with Crippen LogP contribution in [0.3, 0.4) is 0 Å². The molecule has 14 heavy (non-hydrogen) atoms. The van der Waals surface area contributed by atoms with E-state index in [2.05, 4.69) is 10.3 Å². The summed E-state index contributed by atoms with van der Waals surface area (Å²) in [6.07, 6.45) is 4.17. The van der Waals surface area contributed by atoms with Crippen molar-refractivity contribution in [2.24, 2.45) is 0 Å². The molecule has 1 saturated carbocycles. The molecular weight excluding hydrogens is 178 g/mol. The second-order valence-electron chi connectivity index (χ2n) is 3.79. The zero-order valence-electron chi connectivity index (χ0n) is 8.36. The number of hydrogen-bond donors (Lipinski definition) is 1. The molecule has 1 fully saturated rings. The van der Waals surface area contributed by atoms with Crippen LogP contribution in [0.5, 0.6) is 0 Å². The molecule has 1 aromatic heterocycles. The maximum absolute atomic E-state index is 11.4. The highest BCUT2D eigenvalue weighted by atomic mass is 16.1. The smallest absolute Gasteiger partial charge is 0.253 e. The van der Waals surface area contributed by atoms with Gasteiger partial charge in [0, 0.05) is 30.9 Å². The van der Waals surface area contributed by atoms with Gasteiger partial charge in [0.2, 0.25) is 0 Å². The molecule has 0 unspecified atom stereocenters. The minimum Gasteiger partial charge on any atom is -0.312 e. The zero-order chi connectivity index (χ0) is 9.97. The number of hydrogen-bond acceptors (Lipinski definition) is 3. The first kappa shape index (κ1) is 9.40. The van der Waals surface area contributed by atoms with Crippen molar-refractivity contribution in [1.82, 2.24) is 14.9 Å². The average Bonchev–Trinajstić information content (AvgIpc) is 2.92. The Kier molecular flexibility index (Phi) is 2.63. The van der Waals surface area contributed by atoms with Crippen molar-refractivity contribution in [1.29, 1.82) is 0 Å². The molecule has 1 heterocycles. The predicted molar refractivity (Wildman–Crippen MR) is 54.3 cm³/mol. The van der Waals surface area contributed by atoms with Crippen molar-refractivity contribution in [3.63, 3.8) is 0 Å². The van der Waals surface area contributed by atoms with Crippen LogP contribution in [0.4, 0.5) is 0 Å². The van der Waals surface area contributed by atoms with Gasteiger partial charge in [-0.3, -0.25) is 9.36 Å². The summed E-state index contributed by atoms with van der Waals surface area (Å²) < 4.78 is 1.64. The third kappa shape index (κ3) is 2.42. The van der Waals surface area contributed by atoms with Crippen LogP contribution < -0.4 is 10.9 Å². The lowest BCUT2D eigenvalue weighted by molar-refractivity contribution is 0.575. The summed E-state index contributed by atoms with van der Waals surface area (Å²) in [7, 11) is 0. The topological polar surface area (TPSA) is 46.9 Å². The third-order valence-electron chi connectivity index (χ3n) is 2.38. The standard InChI is InChI=1S/C10H15N3O/c1-8-6-10(14)13(7-12-8)5-4-11-9-2-3-9/h6-7,9,11H,2-5H2,1H3. The predicted octanol–water partition coefficient (Wildman–Crippen LogP) is 0.304. The molecule has 1 aliphatic carbocycles. The van der Waals surface area contributed by atoms with E-state index in [9.17, 15) is 4.79 Å². The first-order chi connectivity index (χ1) is 6.75. The summed E-state index contributed by atoms with van der Waals surface area (Å²) in [6.45, 7) is 3.39. The number of nitrogens with one attached hydrogen (secondary N) is 1. The van der Waals surface area contributed by atoms with Crippen LogP contribution in [0.1, 0.15) is 18.5 Å². The molecule has 1 aromatic rings. The lowest BCUT2D eigenvalue weighted by Crippen LogP contribution is -2.28. The van der Waals surface area contributed by atoms with Gasteiger partial charge in [-0.2, -0.15) is 0 Å². The molecule has 0 radical (unpaired) electrons. The van der Waals surface area contributed by atoms with Gasteiger partial charge in [-0.1, -0.05) is 0 Å². The summed E-state index contributed by atoms with van der Waals surface area (Å²) in [5.41, 5.74) is 0.816. The van der Waals surface area contributed by atoms with Crippen molar-refractivity contribution >= 4 is 0 Å². The molecule has 76 valence electrons. The highest BCUT2D eigenvalue weighted by molar-refractivity contribution is 4.96. The van der Waals surface area contributed by atoms with Crippen LogP contribution in [-0.4, -0.2) is 22.1 Å². The van der Waals surface area contributed by atoms with E-state index in [1.165, 1.54) is 12.8 Å². The summed E-state index contributed by atoms with van der Waals surface area (Å²) in [6, 6.07) is 2.26. The maximum atomic E-state index is 11.4. The first-order valence-electron chi connectivity index (χ1n) is 5.02. The Morgan fingerprint density at radius 3 is 3.07 bits per heavy atom. The molecule has 0 spiro atoms. The van der Waals surface area contributed by atoms with Crippen LogP contribution in [0.2, 0.25) is 0 Å². The fraction of sp³-hybridized carbons (Fsp3) is 0.600. The minimum atomic E-state index is 0.0371. The van der Waals surface area contributed by atoms with Crippen LogP contribution in [-0.2, 0) is 6.54 Å². The van der Waals surface area contributed by atoms with Gasteiger partial charge >= 0.3 is 0 Å². The second-order valence-corrected chi connectivity index (χ2v) is 3.79. The van der Waals surface area contributed by atoms with Crippen LogP contribution >= 0.6 is 0 Å². The number of aryl methyl sites for hydroxylation is 1. The second kappa shape index (κ2) is 3.92. The quantitative estimate of drug-likeness (QED) is 0.748. The fourth-order valence-corrected chi connectivity index (χ4v) is 1.36. The van der Waals surface area contributed by atoms with Gasteiger partial charge in [0.1, 0.15) is 0 Å². The first-order valence-corrected chi connectivity index (χ1v) is 5.02. The molecule has 0 bridgehead atoms. The molecule has 4 heteroatoms. The van der Waals surface area contributed by atoms with Crippen molar-refractivity contribution in [2.45, 2.75) is 32.4 Å². The Morgan fingerprint density at radius 2 is 2.43 bits per heavy atom. The number of aromatic nitrogens is 2. The minimum absolute atomic E-state index is 0.0371. The summed E-state index contributed by atoms with van der Waals surface area (Å²) in [5, 5.41) is 3.36. The zero-order valence-corrected chi connectivity index (χ0v) is 8.36. The van der Waals surface area contributed by atoms with Crippen LogP contribution in [0, 0.1) is 6.92 Å². The number of rotatable bonds is 4. The van der Waals surface area contributed by atoms with Crippen molar-refractivity contribution in [3.8, 4) is 0 Å². The summed E-state index contributed by atoms with van der Waals surface area (Å²) in [5.74, 6) is 0. The summed E-state index contributed by atoms with van der Waals surface area (Å²) >= 11 is 0. The van der Waals surface area contributed by atoms with E-state index in [-0.39, 0.29) is 5.56 Å². The Hall–Kier alpha value is -1.16. The average molecular weight is 193 g/mol. The van der Waals surface area contributed by atoms with Crippen molar-refractivity contribution in [3.05, 3.63) is 28.4 Å². The summed E-state index contributed by atoms with van der Waals surface area (Å²) in [4.78, 5) is 15.5. The van der Waals surface area contributed by atoms with Gasteiger partial charge in [-0.15, -0.1) is 0 Å². The molecule has 0 aliphatic heterocycles. The monoisotopic (exact) mass is 193 g/mol. The SMILES string of the molecule is Cc1cc(=O)n(CCNC2CC2)cn1. The van der Waals surface area contributed by atoms with E-state index in [0.29, 0.717) is 12.6 Å². The van der Waals surface area contributed by atoms with Crippen molar-refractivity contribution in [2.75, 3.05) is 6.54 Å². The van der Waals surface area contributed by atoms with Crippen LogP contribution in [0.25, 0.3) is 0 Å². The Labute approximate surface area is 83.0 Å². The van der Waals surface area contributed by atoms with E-state index in [0.717, 1.165) is 12.2 Å². The van der Waals surface area contributed by atoms with E-state index in [1.807, 2.05) is 6.92 Å². The van der Waals surface area contributed by atoms with Crippen molar-refractivity contribution < 1.29 is 0 Å². The lowest BCUT2D eigenvalue weighted by Gasteiger charge is -2.05. The molecule has 2 rings (SSSR count). The fourth-order valence-electron chi connectivity index (χ4n) is 1.36. The Bertz CT molecular complexity index is 368. The Morgan fingerprint density at radius 1 is 1.64 bits per heavy atom. The van der Waals surface area contributed by atoms with Gasteiger partial charge in [0.05, 0.1) is 6.33 Å². The molecule has 0 amide bonds. The highest BCUT2D eigenvalue weighted by Crippen LogP contribution is 2.17. The lowest BCUT2D eigenvalue weighted by atomic mass is 10.4. The van der Waals surface area contributed by atoms with Gasteiger partial charge < -0.3 is 5.32 Å². The largest absolute Gasteiger partial charge is 0.312 e. The van der Waals surface area contributed by atoms with E-state index in [1.54, 1.807) is 17.0 Å². The Balaban J connectivity index is 1.91. The molecule has 0 saturated heterocycles. The molecule has 4 nitrogen and oxygen atoms in total. The van der Waals surface area contributed by atoms with E-state index in [4.69, 9.17) is 0 Å². The molecule has 1 aliphatic rings. The van der Waals surface area contributed by atoms with E-state index < -0.39 is 0 Å². The van der Waals surface area contributed by atoms with Gasteiger partial charge in [0.15, 0.2) is 0 Å². The molecule has 1 N–H and O–H groups in total. The highest BCUT2D eigenvalue weighted by Gasteiger charge is 2.19. The molecule has 0 aromatic carbocycles. The molecule has 0 atom stereocenters. The van der Waals surface area contributed by atoms with Crippen LogP contribution in [0.15, 0.2) is 17.2 Å². The van der Waals surface area contributed by atoms with E-state index >= 15 is 0 Å². The number of nitrogens with zero attached hydrogens (tertiary/aromatic N) is 2. The van der Waals surface area contributed by atoms with Gasteiger partial charge in [0.25, 0.3) is 5.56 Å². The normalized spacial score (nSPS) is 15.8. The molecular formula is C10H15N3O. The maximum Gasteiger partial charge on any atom is 0.253 e.